The van der Waals surface area contributed by atoms with Crippen LogP contribution >= 0.6 is 0 Å². The molecule has 0 rings (SSSR count). The molecule has 6 heteroatoms. The molecule has 0 aromatic rings. The van der Waals surface area contributed by atoms with Crippen LogP contribution in [0.3, 0.4) is 0 Å². The summed E-state index contributed by atoms with van der Waals surface area (Å²) >= 11 is 0. The molecule has 0 aliphatic rings. The van der Waals surface area contributed by atoms with Crippen LogP contribution in [-0.4, -0.2) is 46.9 Å². The molecule has 0 radical (unpaired) electrons. The van der Waals surface area contributed by atoms with Crippen LogP contribution in [0, 0.1) is 0 Å². The first kappa shape index (κ1) is 53.0. The molecular weight excluding hydrogens is 695 g/mol. The van der Waals surface area contributed by atoms with Gasteiger partial charge in [-0.1, -0.05) is 221 Å². The maximum Gasteiger partial charge on any atom is 0.306 e. The standard InChI is InChI=1S/C50H85NO5/c1-4-7-10-13-16-19-22-24-27-30-33-36-39-42-48(53)47(45-52)51-49(54)44-46(41-38-35-32-29-26-21-18-15-12-9-6-3)56-50(55)43-40-37-34-31-28-25-23-20-17-14-11-8-5-2/h9,12,15,18,21,25-26,28-29,32,34-35,37-38,46-48,52-53H,4-8,10-11,13-14,16-17,19-20,22-24,27,30-31,33,36,39-45H2,1-3H3,(H,51,54)/b12-9+,18-15+,26-21-,28-25-,32-29-,37-34+,38-35+. The summed E-state index contributed by atoms with van der Waals surface area (Å²) in [5, 5.41) is 23.6. The van der Waals surface area contributed by atoms with Crippen molar-refractivity contribution in [1.29, 1.82) is 0 Å². The number of carbonyl (C=O) groups is 2. The molecule has 56 heavy (non-hydrogen) atoms. The lowest BCUT2D eigenvalue weighted by atomic mass is 10.0. The van der Waals surface area contributed by atoms with Gasteiger partial charge in [0.05, 0.1) is 25.2 Å². The van der Waals surface area contributed by atoms with Gasteiger partial charge in [0.1, 0.15) is 6.10 Å². The van der Waals surface area contributed by atoms with Crippen LogP contribution in [-0.2, 0) is 14.3 Å². The summed E-state index contributed by atoms with van der Waals surface area (Å²) in [6.45, 7) is 6.25. The largest absolute Gasteiger partial charge is 0.461 e. The number of ether oxygens (including phenoxy) is 1. The summed E-state index contributed by atoms with van der Waals surface area (Å²) < 4.78 is 5.77. The Morgan fingerprint density at radius 1 is 0.571 bits per heavy atom. The molecule has 0 fully saturated rings. The van der Waals surface area contributed by atoms with Crippen molar-refractivity contribution in [2.24, 2.45) is 0 Å². The van der Waals surface area contributed by atoms with Crippen LogP contribution in [0.15, 0.2) is 85.1 Å². The number of nitrogens with one attached hydrogen (secondary N) is 1. The van der Waals surface area contributed by atoms with Crippen molar-refractivity contribution < 1.29 is 24.5 Å². The number of unbranched alkanes of at least 4 members (excludes halogenated alkanes) is 18. The summed E-state index contributed by atoms with van der Waals surface area (Å²) in [5.41, 5.74) is 0. The van der Waals surface area contributed by atoms with Crippen molar-refractivity contribution in [3.8, 4) is 0 Å². The van der Waals surface area contributed by atoms with E-state index in [0.717, 1.165) is 38.5 Å². The van der Waals surface area contributed by atoms with Gasteiger partial charge in [0.2, 0.25) is 5.91 Å². The molecule has 0 saturated heterocycles. The van der Waals surface area contributed by atoms with E-state index in [4.69, 9.17) is 4.74 Å². The number of esters is 1. The fourth-order valence-corrected chi connectivity index (χ4v) is 6.39. The van der Waals surface area contributed by atoms with Crippen molar-refractivity contribution in [2.75, 3.05) is 6.61 Å². The highest BCUT2D eigenvalue weighted by Gasteiger charge is 2.23. The Labute approximate surface area is 344 Å². The minimum absolute atomic E-state index is 0.0447. The highest BCUT2D eigenvalue weighted by molar-refractivity contribution is 5.77. The Morgan fingerprint density at radius 2 is 1.05 bits per heavy atom. The SMILES string of the molecule is CC/C=C/C=C/C=C\C=C/C=C/CC(CC(=O)NC(CO)C(O)CCCCCCCCCCCCCCC)OC(=O)CC/C=C/C/C=C\CCCCCCCC. The van der Waals surface area contributed by atoms with Crippen molar-refractivity contribution in [1.82, 2.24) is 5.32 Å². The maximum atomic E-state index is 13.1. The zero-order valence-corrected chi connectivity index (χ0v) is 36.2. The van der Waals surface area contributed by atoms with Gasteiger partial charge in [-0.25, -0.2) is 0 Å². The van der Waals surface area contributed by atoms with E-state index >= 15 is 0 Å². The Hall–Kier alpha value is -2.96. The van der Waals surface area contributed by atoms with Crippen LogP contribution in [0.2, 0.25) is 0 Å². The Bertz CT molecular complexity index is 1100. The first-order valence-electron chi connectivity index (χ1n) is 22.9. The fraction of sp³-hybridized carbons (Fsp3) is 0.680. The molecule has 3 N–H and O–H groups in total. The number of rotatable bonds is 39. The number of amides is 1. The van der Waals surface area contributed by atoms with Crippen molar-refractivity contribution in [3.05, 3.63) is 85.1 Å². The second-order valence-corrected chi connectivity index (χ2v) is 15.2. The third-order valence-corrected chi connectivity index (χ3v) is 9.85. The minimum atomic E-state index is -0.828. The van der Waals surface area contributed by atoms with Gasteiger partial charge in [0.15, 0.2) is 0 Å². The number of hydrogen-bond acceptors (Lipinski definition) is 5. The normalized spacial score (nSPS) is 14.2. The fourth-order valence-electron chi connectivity index (χ4n) is 6.39. The molecule has 1 amide bonds. The molecule has 0 bridgehead atoms. The van der Waals surface area contributed by atoms with Crippen LogP contribution in [0.5, 0.6) is 0 Å². The maximum absolute atomic E-state index is 13.1. The van der Waals surface area contributed by atoms with Crippen LogP contribution in [0.4, 0.5) is 0 Å². The van der Waals surface area contributed by atoms with E-state index in [1.807, 2.05) is 60.8 Å². The lowest BCUT2D eigenvalue weighted by Crippen LogP contribution is -2.46. The quantitative estimate of drug-likeness (QED) is 0.0250. The lowest BCUT2D eigenvalue weighted by molar-refractivity contribution is -0.150. The zero-order valence-electron chi connectivity index (χ0n) is 36.2. The number of allylic oxidation sites excluding steroid dienone is 13. The van der Waals surface area contributed by atoms with Crippen LogP contribution in [0.25, 0.3) is 0 Å². The third kappa shape index (κ3) is 37.9. The van der Waals surface area contributed by atoms with Gasteiger partial charge in [0.25, 0.3) is 0 Å². The highest BCUT2D eigenvalue weighted by Crippen LogP contribution is 2.15. The van der Waals surface area contributed by atoms with Gasteiger partial charge in [0, 0.05) is 12.8 Å². The van der Waals surface area contributed by atoms with Gasteiger partial charge in [-0.3, -0.25) is 9.59 Å². The average Bonchev–Trinajstić information content (AvgIpc) is 3.19. The smallest absolute Gasteiger partial charge is 0.306 e. The molecule has 0 aliphatic carbocycles. The zero-order chi connectivity index (χ0) is 41.0. The monoisotopic (exact) mass is 780 g/mol. The first-order chi connectivity index (χ1) is 27.5. The molecule has 0 heterocycles. The topological polar surface area (TPSA) is 95.9 Å². The number of aliphatic hydroxyl groups is 2. The molecule has 320 valence electrons. The molecule has 0 saturated carbocycles. The van der Waals surface area contributed by atoms with E-state index in [1.165, 1.54) is 103 Å². The summed E-state index contributed by atoms with van der Waals surface area (Å²) in [4.78, 5) is 25.9. The summed E-state index contributed by atoms with van der Waals surface area (Å²) in [7, 11) is 0. The Kier molecular flexibility index (Phi) is 40.9. The molecule has 0 aliphatic heterocycles. The number of carbonyl (C=O) groups excluding carboxylic acids is 2. The summed E-state index contributed by atoms with van der Waals surface area (Å²) in [6, 6.07) is -0.752. The van der Waals surface area contributed by atoms with E-state index in [2.05, 4.69) is 50.4 Å². The van der Waals surface area contributed by atoms with Crippen LogP contribution < -0.4 is 5.32 Å². The molecule has 3 unspecified atom stereocenters. The van der Waals surface area contributed by atoms with E-state index < -0.39 is 18.2 Å². The Balaban J connectivity index is 4.79. The molecule has 0 aromatic heterocycles. The predicted molar refractivity (Wildman–Crippen MR) is 241 cm³/mol. The van der Waals surface area contributed by atoms with Crippen molar-refractivity contribution in [3.63, 3.8) is 0 Å². The van der Waals surface area contributed by atoms with E-state index in [1.54, 1.807) is 0 Å². The van der Waals surface area contributed by atoms with Gasteiger partial charge >= 0.3 is 5.97 Å². The van der Waals surface area contributed by atoms with Gasteiger partial charge in [-0.05, 0) is 38.5 Å². The van der Waals surface area contributed by atoms with Gasteiger partial charge < -0.3 is 20.3 Å². The first-order valence-corrected chi connectivity index (χ1v) is 22.9. The minimum Gasteiger partial charge on any atom is -0.461 e. The summed E-state index contributed by atoms with van der Waals surface area (Å²) in [5.74, 6) is -0.697. The van der Waals surface area contributed by atoms with Crippen LogP contribution in [0.1, 0.15) is 194 Å². The van der Waals surface area contributed by atoms with Gasteiger partial charge in [-0.2, -0.15) is 0 Å². The molecule has 0 aromatic carbocycles. The summed E-state index contributed by atoms with van der Waals surface area (Å²) in [6.07, 6.45) is 55.3. The van der Waals surface area contributed by atoms with E-state index in [-0.39, 0.29) is 31.3 Å². The number of hydrogen-bond donors (Lipinski definition) is 3. The molecule has 3 atom stereocenters. The lowest BCUT2D eigenvalue weighted by Gasteiger charge is -2.24. The molecular formula is C50H85NO5. The highest BCUT2D eigenvalue weighted by atomic mass is 16.5. The predicted octanol–water partition coefficient (Wildman–Crippen LogP) is 13.2. The second-order valence-electron chi connectivity index (χ2n) is 15.2. The van der Waals surface area contributed by atoms with E-state index in [9.17, 15) is 19.8 Å². The van der Waals surface area contributed by atoms with E-state index in [0.29, 0.717) is 19.3 Å². The van der Waals surface area contributed by atoms with Crippen molar-refractivity contribution in [2.45, 2.75) is 212 Å². The van der Waals surface area contributed by atoms with Gasteiger partial charge in [-0.15, -0.1) is 0 Å². The Morgan fingerprint density at radius 3 is 1.59 bits per heavy atom. The van der Waals surface area contributed by atoms with Crippen molar-refractivity contribution >= 4 is 11.9 Å². The third-order valence-electron chi connectivity index (χ3n) is 9.85. The molecule has 0 spiro atoms. The average molecular weight is 780 g/mol. The number of aliphatic hydroxyl groups excluding tert-OH is 2. The molecule has 6 nitrogen and oxygen atoms in total. The second kappa shape index (κ2) is 43.2.